The number of hydrogen-bond acceptors (Lipinski definition) is 7. The smallest absolute Gasteiger partial charge is 0.335 e. The highest BCUT2D eigenvalue weighted by Crippen LogP contribution is 2.33. The third-order valence-corrected chi connectivity index (χ3v) is 5.40. The van der Waals surface area contributed by atoms with Crippen LogP contribution in [0.15, 0.2) is 51.1 Å². The molecule has 9 nitrogen and oxygen atoms in total. The number of nitrogens with zero attached hydrogens (tertiary/aromatic N) is 2. The van der Waals surface area contributed by atoms with Crippen LogP contribution in [0.3, 0.4) is 0 Å². The van der Waals surface area contributed by atoms with Gasteiger partial charge in [0.15, 0.2) is 11.5 Å². The van der Waals surface area contributed by atoms with E-state index in [1.54, 1.807) is 32.4 Å². The van der Waals surface area contributed by atoms with Gasteiger partial charge < -0.3 is 20.0 Å². The zero-order valence-electron chi connectivity index (χ0n) is 18.2. The maximum atomic E-state index is 12.6. The van der Waals surface area contributed by atoms with Crippen molar-refractivity contribution >= 4 is 5.71 Å². The third-order valence-electron chi connectivity index (χ3n) is 5.40. The largest absolute Gasteiger partial charge is 0.493 e. The number of methoxy groups -OCH3 is 2. The van der Waals surface area contributed by atoms with Gasteiger partial charge in [-0.2, -0.15) is 5.10 Å². The number of hydrazone groups is 1. The highest BCUT2D eigenvalue weighted by atomic mass is 16.5. The molecule has 2 heterocycles. The highest BCUT2D eigenvalue weighted by molar-refractivity contribution is 6.03. The van der Waals surface area contributed by atoms with Crippen molar-refractivity contribution < 1.29 is 14.6 Å². The minimum atomic E-state index is -0.718. The quantitative estimate of drug-likeness (QED) is 0.565. The average Bonchev–Trinajstić information content (AvgIpc) is 3.21. The summed E-state index contributed by atoms with van der Waals surface area (Å²) in [6, 6.07) is 10.7. The van der Waals surface area contributed by atoms with Crippen LogP contribution in [-0.4, -0.2) is 34.6 Å². The second-order valence-corrected chi connectivity index (χ2v) is 7.70. The van der Waals surface area contributed by atoms with Crippen LogP contribution in [0, 0.1) is 13.8 Å². The van der Waals surface area contributed by atoms with Gasteiger partial charge in [-0.1, -0.05) is 12.1 Å². The number of hydrogen-bond donors (Lipinski definition) is 3. The van der Waals surface area contributed by atoms with Crippen molar-refractivity contribution in [2.75, 3.05) is 14.2 Å². The molecule has 4 rings (SSSR count). The van der Waals surface area contributed by atoms with Crippen molar-refractivity contribution in [2.45, 2.75) is 26.3 Å². The SMILES string of the molecule is COc1ccc(C2CC(c3c(O)n(-c4cc(C)cc(C)c4)c(=O)[nH]c3=O)=NN2)cc1OC. The predicted molar refractivity (Wildman–Crippen MR) is 120 cm³/mol. The zero-order chi connectivity index (χ0) is 23.0. The Morgan fingerprint density at radius 3 is 2.38 bits per heavy atom. The summed E-state index contributed by atoms with van der Waals surface area (Å²) in [7, 11) is 3.12. The molecule has 1 aliphatic rings. The minimum Gasteiger partial charge on any atom is -0.493 e. The number of aromatic nitrogens is 2. The second-order valence-electron chi connectivity index (χ2n) is 7.70. The monoisotopic (exact) mass is 436 g/mol. The lowest BCUT2D eigenvalue weighted by Crippen LogP contribution is -2.33. The first-order chi connectivity index (χ1) is 15.3. The van der Waals surface area contributed by atoms with Gasteiger partial charge in [-0.05, 0) is 54.8 Å². The Morgan fingerprint density at radius 2 is 1.72 bits per heavy atom. The van der Waals surface area contributed by atoms with E-state index in [0.29, 0.717) is 29.3 Å². The Kier molecular flexibility index (Phi) is 5.48. The highest BCUT2D eigenvalue weighted by Gasteiger charge is 2.28. The molecule has 166 valence electrons. The lowest BCUT2D eigenvalue weighted by atomic mass is 9.99. The molecule has 3 aromatic rings. The number of benzene rings is 2. The molecule has 0 saturated heterocycles. The number of nitrogens with one attached hydrogen (secondary N) is 2. The Hall–Kier alpha value is -4.01. The van der Waals surface area contributed by atoms with Gasteiger partial charge in [0.05, 0.1) is 31.7 Å². The summed E-state index contributed by atoms with van der Waals surface area (Å²) in [5, 5.41) is 15.2. The first kappa shape index (κ1) is 21.2. The molecule has 2 aromatic carbocycles. The van der Waals surface area contributed by atoms with Crippen molar-refractivity contribution in [3.8, 4) is 23.1 Å². The van der Waals surface area contributed by atoms with Crippen LogP contribution < -0.4 is 26.1 Å². The fourth-order valence-electron chi connectivity index (χ4n) is 3.96. The third kappa shape index (κ3) is 3.73. The first-order valence-corrected chi connectivity index (χ1v) is 10.0. The molecule has 0 bridgehead atoms. The van der Waals surface area contributed by atoms with Crippen LogP contribution in [0.25, 0.3) is 5.69 Å². The topological polar surface area (TPSA) is 118 Å². The van der Waals surface area contributed by atoms with E-state index in [-0.39, 0.29) is 11.6 Å². The summed E-state index contributed by atoms with van der Waals surface area (Å²) >= 11 is 0. The Morgan fingerprint density at radius 1 is 1.03 bits per heavy atom. The van der Waals surface area contributed by atoms with E-state index in [1.807, 2.05) is 32.0 Å². The van der Waals surface area contributed by atoms with Crippen molar-refractivity contribution in [1.29, 1.82) is 0 Å². The summed E-state index contributed by atoms with van der Waals surface area (Å²) in [6.45, 7) is 3.79. The molecular weight excluding hydrogens is 412 g/mol. The van der Waals surface area contributed by atoms with Gasteiger partial charge in [0.25, 0.3) is 5.56 Å². The maximum absolute atomic E-state index is 12.6. The molecule has 0 radical (unpaired) electrons. The number of aromatic amines is 1. The van der Waals surface area contributed by atoms with Crippen LogP contribution in [0.1, 0.15) is 34.7 Å². The number of aromatic hydroxyl groups is 1. The number of aryl methyl sites for hydroxylation is 2. The summed E-state index contributed by atoms with van der Waals surface area (Å²) in [4.78, 5) is 27.4. The molecular formula is C23H24N4O5. The van der Waals surface area contributed by atoms with E-state index in [2.05, 4.69) is 15.5 Å². The molecule has 0 fully saturated rings. The predicted octanol–water partition coefficient (Wildman–Crippen LogP) is 2.30. The Balaban J connectivity index is 1.72. The molecule has 3 N–H and O–H groups in total. The maximum Gasteiger partial charge on any atom is 0.335 e. The van der Waals surface area contributed by atoms with E-state index in [4.69, 9.17) is 9.47 Å². The second kappa shape index (κ2) is 8.26. The van der Waals surface area contributed by atoms with Crippen LogP contribution in [0.4, 0.5) is 0 Å². The van der Waals surface area contributed by atoms with Gasteiger partial charge in [-0.3, -0.25) is 9.78 Å². The molecule has 0 amide bonds. The number of H-pyrrole nitrogens is 1. The van der Waals surface area contributed by atoms with E-state index in [9.17, 15) is 14.7 Å². The molecule has 32 heavy (non-hydrogen) atoms. The standard InChI is InChI=1S/C23H24N4O5/c1-12-7-13(2)9-15(8-12)27-22(29)20(21(28)24-23(27)30)17-11-16(25-26-17)14-5-6-18(31-3)19(10-14)32-4/h5-10,16,25,29H,11H2,1-4H3,(H,24,28,30). The van der Waals surface area contributed by atoms with Gasteiger partial charge in [0.2, 0.25) is 5.88 Å². The summed E-state index contributed by atoms with van der Waals surface area (Å²) in [5.41, 5.74) is 5.08. The molecule has 0 aliphatic carbocycles. The summed E-state index contributed by atoms with van der Waals surface area (Å²) in [5.74, 6) is 0.728. The van der Waals surface area contributed by atoms with E-state index in [0.717, 1.165) is 21.3 Å². The van der Waals surface area contributed by atoms with E-state index in [1.165, 1.54) is 0 Å². The molecule has 1 aromatic heterocycles. The van der Waals surface area contributed by atoms with Crippen molar-refractivity contribution in [1.82, 2.24) is 15.0 Å². The minimum absolute atomic E-state index is 0.0424. The normalized spacial score (nSPS) is 15.2. The molecule has 1 unspecified atom stereocenters. The molecule has 1 aliphatic heterocycles. The van der Waals surface area contributed by atoms with Crippen LogP contribution in [-0.2, 0) is 0 Å². The van der Waals surface area contributed by atoms with Crippen molar-refractivity contribution in [2.24, 2.45) is 5.10 Å². The van der Waals surface area contributed by atoms with Gasteiger partial charge >= 0.3 is 5.69 Å². The fraction of sp³-hybridized carbons (Fsp3) is 0.261. The van der Waals surface area contributed by atoms with E-state index < -0.39 is 17.1 Å². The lowest BCUT2D eigenvalue weighted by Gasteiger charge is -2.14. The van der Waals surface area contributed by atoms with Crippen molar-refractivity contribution in [3.05, 3.63) is 79.5 Å². The van der Waals surface area contributed by atoms with Gasteiger partial charge in [-0.15, -0.1) is 0 Å². The van der Waals surface area contributed by atoms with Gasteiger partial charge in [0.1, 0.15) is 5.56 Å². The summed E-state index contributed by atoms with van der Waals surface area (Å²) in [6.07, 6.45) is 0.331. The van der Waals surface area contributed by atoms with Gasteiger partial charge in [-0.25, -0.2) is 9.36 Å². The molecule has 1 atom stereocenters. The summed E-state index contributed by atoms with van der Waals surface area (Å²) < 4.78 is 11.7. The van der Waals surface area contributed by atoms with Gasteiger partial charge in [0, 0.05) is 6.42 Å². The number of ether oxygens (including phenoxy) is 2. The Labute approximate surface area is 184 Å². The molecule has 0 spiro atoms. The zero-order valence-corrected chi connectivity index (χ0v) is 18.2. The van der Waals surface area contributed by atoms with Crippen LogP contribution in [0.2, 0.25) is 0 Å². The number of rotatable bonds is 5. The lowest BCUT2D eigenvalue weighted by molar-refractivity contribution is 0.354. The average molecular weight is 436 g/mol. The van der Waals surface area contributed by atoms with E-state index >= 15 is 0 Å². The molecule has 0 saturated carbocycles. The van der Waals surface area contributed by atoms with Crippen LogP contribution >= 0.6 is 0 Å². The molecule has 9 heteroatoms. The first-order valence-electron chi connectivity index (χ1n) is 10.0. The fourth-order valence-corrected chi connectivity index (χ4v) is 3.96. The van der Waals surface area contributed by atoms with Crippen LogP contribution in [0.5, 0.6) is 17.4 Å². The Bertz CT molecular complexity index is 1320. The van der Waals surface area contributed by atoms with Crippen molar-refractivity contribution in [3.63, 3.8) is 0 Å².